The number of ether oxygens (including phenoxy) is 4. The molecule has 7 nitrogen and oxygen atoms in total. The second-order valence-electron chi connectivity index (χ2n) is 4.30. The Kier molecular flexibility index (Phi) is 5.97. The van der Waals surface area contributed by atoms with Gasteiger partial charge in [0, 0.05) is 13.0 Å². The van der Waals surface area contributed by atoms with Gasteiger partial charge in [-0.25, -0.2) is 4.79 Å². The highest BCUT2D eigenvalue weighted by Crippen LogP contribution is 2.25. The van der Waals surface area contributed by atoms with Crippen LogP contribution in [0, 0.1) is 5.92 Å². The van der Waals surface area contributed by atoms with Crippen LogP contribution in [0.1, 0.15) is 6.92 Å². The molecular weight excluding hydrogens is 242 g/mol. The van der Waals surface area contributed by atoms with Crippen LogP contribution in [0.3, 0.4) is 0 Å². The summed E-state index contributed by atoms with van der Waals surface area (Å²) in [6.45, 7) is 1.82. The van der Waals surface area contributed by atoms with E-state index < -0.39 is 24.4 Å². The molecule has 0 amide bonds. The molecule has 0 radical (unpaired) electrons. The molecule has 0 spiro atoms. The number of rotatable bonds is 5. The smallest absolute Gasteiger partial charge is 0.331 e. The maximum absolute atomic E-state index is 10.9. The van der Waals surface area contributed by atoms with Crippen molar-refractivity contribution >= 4 is 5.97 Å². The lowest BCUT2D eigenvalue weighted by molar-refractivity contribution is -0.243. The first-order valence-corrected chi connectivity index (χ1v) is 5.77. The zero-order valence-electron chi connectivity index (χ0n) is 10.9. The molecule has 1 rings (SSSR count). The molecule has 1 saturated heterocycles. The van der Waals surface area contributed by atoms with Gasteiger partial charge in [-0.3, -0.25) is 0 Å². The molecule has 1 aliphatic heterocycles. The summed E-state index contributed by atoms with van der Waals surface area (Å²) in [6.07, 6.45) is -1.80. The van der Waals surface area contributed by atoms with E-state index in [0.717, 1.165) is 0 Å². The molecule has 0 aromatic heterocycles. The van der Waals surface area contributed by atoms with Gasteiger partial charge >= 0.3 is 5.97 Å². The highest BCUT2D eigenvalue weighted by atomic mass is 16.7. The lowest BCUT2D eigenvalue weighted by atomic mass is 9.90. The normalized spacial score (nSPS) is 36.4. The van der Waals surface area contributed by atoms with Gasteiger partial charge in [-0.05, 0) is 0 Å². The molecule has 18 heavy (non-hydrogen) atoms. The first-order chi connectivity index (χ1) is 8.51. The summed E-state index contributed by atoms with van der Waals surface area (Å²) in [5.74, 6) is -0.664. The topological polar surface area (TPSA) is 100 Å². The summed E-state index contributed by atoms with van der Waals surface area (Å²) in [5, 5.41) is 9.94. The second kappa shape index (κ2) is 7.01. The maximum atomic E-state index is 10.9. The van der Waals surface area contributed by atoms with Crippen molar-refractivity contribution in [3.05, 3.63) is 0 Å². The van der Waals surface area contributed by atoms with Crippen molar-refractivity contribution in [2.75, 3.05) is 27.4 Å². The summed E-state index contributed by atoms with van der Waals surface area (Å²) in [6, 6.07) is -0.596. The molecule has 5 unspecified atom stereocenters. The molecule has 0 aromatic carbocycles. The van der Waals surface area contributed by atoms with Crippen LogP contribution in [0.15, 0.2) is 0 Å². The molecule has 0 saturated carbocycles. The van der Waals surface area contributed by atoms with Crippen LogP contribution in [0.4, 0.5) is 0 Å². The Morgan fingerprint density at radius 3 is 2.67 bits per heavy atom. The number of methoxy groups -OCH3 is 2. The zero-order valence-corrected chi connectivity index (χ0v) is 10.9. The third kappa shape index (κ3) is 3.63. The summed E-state index contributed by atoms with van der Waals surface area (Å²) in [5.41, 5.74) is 5.77. The Morgan fingerprint density at radius 2 is 2.11 bits per heavy atom. The van der Waals surface area contributed by atoms with Crippen LogP contribution in [0.25, 0.3) is 0 Å². The van der Waals surface area contributed by atoms with Crippen molar-refractivity contribution in [3.8, 4) is 0 Å². The SMILES string of the molecule is COC(=O)COCC1OC(OC)C(N)C(O)C1C. The average Bonchev–Trinajstić information content (AvgIpc) is 2.38. The van der Waals surface area contributed by atoms with Crippen LogP contribution in [0.5, 0.6) is 0 Å². The zero-order chi connectivity index (χ0) is 13.7. The van der Waals surface area contributed by atoms with Crippen molar-refractivity contribution in [2.24, 2.45) is 11.7 Å². The fraction of sp³-hybridized carbons (Fsp3) is 0.909. The molecule has 106 valence electrons. The van der Waals surface area contributed by atoms with E-state index in [1.165, 1.54) is 14.2 Å². The van der Waals surface area contributed by atoms with E-state index in [9.17, 15) is 9.90 Å². The largest absolute Gasteiger partial charge is 0.467 e. The third-order valence-corrected chi connectivity index (χ3v) is 3.10. The Balaban J connectivity index is 2.46. The highest BCUT2D eigenvalue weighted by Gasteiger charge is 2.41. The summed E-state index contributed by atoms with van der Waals surface area (Å²) < 4.78 is 20.2. The fourth-order valence-corrected chi connectivity index (χ4v) is 1.84. The highest BCUT2D eigenvalue weighted by molar-refractivity contribution is 5.70. The van der Waals surface area contributed by atoms with Crippen LogP contribution in [0.2, 0.25) is 0 Å². The second-order valence-corrected chi connectivity index (χ2v) is 4.30. The first-order valence-electron chi connectivity index (χ1n) is 5.77. The number of nitrogens with two attached hydrogens (primary N) is 1. The van der Waals surface area contributed by atoms with Gasteiger partial charge in [-0.15, -0.1) is 0 Å². The van der Waals surface area contributed by atoms with Crippen molar-refractivity contribution in [1.29, 1.82) is 0 Å². The standard InChI is InChI=1S/C11H21NO6/c1-6-7(4-17-5-8(13)15-2)18-11(16-3)9(12)10(6)14/h6-7,9-11,14H,4-5,12H2,1-3H3. The van der Waals surface area contributed by atoms with Crippen LogP contribution in [-0.2, 0) is 23.7 Å². The molecule has 0 aromatic rings. The Hall–Kier alpha value is -0.730. The van der Waals surface area contributed by atoms with E-state index in [-0.39, 0.29) is 25.2 Å². The summed E-state index contributed by atoms with van der Waals surface area (Å²) in [4.78, 5) is 10.9. The molecule has 1 aliphatic rings. The molecule has 3 N–H and O–H groups in total. The molecule has 1 heterocycles. The van der Waals surface area contributed by atoms with E-state index >= 15 is 0 Å². The average molecular weight is 263 g/mol. The van der Waals surface area contributed by atoms with Crippen LogP contribution >= 0.6 is 0 Å². The third-order valence-electron chi connectivity index (χ3n) is 3.10. The minimum Gasteiger partial charge on any atom is -0.467 e. The molecule has 1 fully saturated rings. The molecule has 0 aliphatic carbocycles. The van der Waals surface area contributed by atoms with Gasteiger partial charge in [0.1, 0.15) is 6.61 Å². The minimum atomic E-state index is -0.740. The van der Waals surface area contributed by atoms with Crippen molar-refractivity contribution in [3.63, 3.8) is 0 Å². The van der Waals surface area contributed by atoms with Gasteiger partial charge in [0.15, 0.2) is 6.29 Å². The quantitative estimate of drug-likeness (QED) is 0.605. The van der Waals surface area contributed by atoms with Gasteiger partial charge in [0.05, 0.1) is 32.0 Å². The molecule has 7 heteroatoms. The monoisotopic (exact) mass is 263 g/mol. The number of carbonyl (C=O) groups is 1. The number of aliphatic hydroxyl groups excluding tert-OH is 1. The van der Waals surface area contributed by atoms with Gasteiger partial charge in [-0.2, -0.15) is 0 Å². The Bertz CT molecular complexity index is 272. The minimum absolute atomic E-state index is 0.150. The number of hydrogen-bond acceptors (Lipinski definition) is 7. The van der Waals surface area contributed by atoms with E-state index in [4.69, 9.17) is 19.9 Å². The Labute approximate surface area is 106 Å². The van der Waals surface area contributed by atoms with E-state index in [2.05, 4.69) is 4.74 Å². The predicted octanol–water partition coefficient (Wildman–Crippen LogP) is -1.13. The Morgan fingerprint density at radius 1 is 1.44 bits per heavy atom. The van der Waals surface area contributed by atoms with Gasteiger partial charge in [0.25, 0.3) is 0 Å². The van der Waals surface area contributed by atoms with Crippen molar-refractivity contribution < 1.29 is 28.8 Å². The summed E-state index contributed by atoms with van der Waals surface area (Å²) >= 11 is 0. The number of esters is 1. The first kappa shape index (κ1) is 15.3. The number of carbonyl (C=O) groups excluding carboxylic acids is 1. The van der Waals surface area contributed by atoms with Gasteiger partial charge in [0.2, 0.25) is 0 Å². The lowest BCUT2D eigenvalue weighted by Gasteiger charge is -2.41. The lowest BCUT2D eigenvalue weighted by Crippen LogP contribution is -2.59. The van der Waals surface area contributed by atoms with Crippen LogP contribution < -0.4 is 5.73 Å². The summed E-state index contributed by atoms with van der Waals surface area (Å²) in [7, 11) is 2.74. The van der Waals surface area contributed by atoms with E-state index in [1.807, 2.05) is 6.92 Å². The maximum Gasteiger partial charge on any atom is 0.331 e. The number of hydrogen-bond donors (Lipinski definition) is 2. The fourth-order valence-electron chi connectivity index (χ4n) is 1.84. The van der Waals surface area contributed by atoms with Crippen molar-refractivity contribution in [1.82, 2.24) is 0 Å². The van der Waals surface area contributed by atoms with E-state index in [0.29, 0.717) is 0 Å². The van der Waals surface area contributed by atoms with E-state index in [1.54, 1.807) is 0 Å². The molecule has 5 atom stereocenters. The molecular formula is C11H21NO6. The van der Waals surface area contributed by atoms with Gasteiger partial charge < -0.3 is 29.8 Å². The van der Waals surface area contributed by atoms with Crippen LogP contribution in [-0.4, -0.2) is 63.0 Å². The van der Waals surface area contributed by atoms with Gasteiger partial charge in [-0.1, -0.05) is 6.92 Å². The number of aliphatic hydroxyl groups is 1. The molecule has 0 bridgehead atoms. The predicted molar refractivity (Wildman–Crippen MR) is 61.7 cm³/mol. The van der Waals surface area contributed by atoms with Crippen molar-refractivity contribution in [2.45, 2.75) is 31.5 Å².